The van der Waals surface area contributed by atoms with Gasteiger partial charge in [0.1, 0.15) is 10.7 Å². The largest absolute Gasteiger partial charge is 0.347 e. The number of rotatable bonds is 4. The van der Waals surface area contributed by atoms with Crippen LogP contribution in [0.5, 0.6) is 0 Å². The van der Waals surface area contributed by atoms with E-state index in [0.717, 1.165) is 42.9 Å². The molecule has 1 amide bonds. The highest BCUT2D eigenvalue weighted by atomic mass is 35.5. The molecule has 0 radical (unpaired) electrons. The molecule has 1 N–H and O–H groups in total. The number of aromatic nitrogens is 2. The maximum Gasteiger partial charge on any atom is 0.265 e. The van der Waals surface area contributed by atoms with E-state index in [-0.39, 0.29) is 12.5 Å². The van der Waals surface area contributed by atoms with E-state index in [1.54, 1.807) is 6.07 Å². The van der Waals surface area contributed by atoms with Crippen molar-refractivity contribution >= 4 is 29.0 Å². The maximum atomic E-state index is 13.8. The van der Waals surface area contributed by atoms with Gasteiger partial charge in [-0.05, 0) is 36.5 Å². The number of nitrogens with one attached hydrogen (secondary N) is 1. The van der Waals surface area contributed by atoms with Crippen molar-refractivity contribution in [1.82, 2.24) is 14.9 Å². The Bertz CT molecular complexity index is 680. The molecule has 1 fully saturated rings. The first-order chi connectivity index (χ1) is 11.2. The van der Waals surface area contributed by atoms with Gasteiger partial charge in [-0.15, -0.1) is 5.10 Å². The molecule has 7 heteroatoms. The van der Waals surface area contributed by atoms with E-state index in [1.807, 2.05) is 0 Å². The molecular formula is C16H17ClFN3OS. The first kappa shape index (κ1) is 16.3. The molecule has 4 nitrogen and oxygen atoms in total. The van der Waals surface area contributed by atoms with Crippen molar-refractivity contribution < 1.29 is 9.18 Å². The Hall–Kier alpha value is -1.53. The zero-order valence-corrected chi connectivity index (χ0v) is 14.1. The molecule has 1 heterocycles. The highest BCUT2D eigenvalue weighted by Crippen LogP contribution is 2.34. The van der Waals surface area contributed by atoms with Crippen molar-refractivity contribution in [2.24, 2.45) is 0 Å². The Kier molecular flexibility index (Phi) is 5.23. The van der Waals surface area contributed by atoms with Crippen molar-refractivity contribution in [1.29, 1.82) is 0 Å². The van der Waals surface area contributed by atoms with Gasteiger partial charge in [-0.2, -0.15) is 0 Å². The predicted molar refractivity (Wildman–Crippen MR) is 88.3 cm³/mol. The van der Waals surface area contributed by atoms with E-state index in [2.05, 4.69) is 14.9 Å². The second kappa shape index (κ2) is 7.36. The summed E-state index contributed by atoms with van der Waals surface area (Å²) in [5.41, 5.74) is 1.08. The van der Waals surface area contributed by atoms with Crippen LogP contribution in [0.2, 0.25) is 5.02 Å². The van der Waals surface area contributed by atoms with Crippen molar-refractivity contribution in [3.05, 3.63) is 45.2 Å². The van der Waals surface area contributed by atoms with Crippen LogP contribution in [0.25, 0.3) is 0 Å². The average Bonchev–Trinajstić information content (AvgIpc) is 3.05. The molecule has 0 saturated heterocycles. The molecule has 1 aromatic carbocycles. The van der Waals surface area contributed by atoms with Crippen molar-refractivity contribution in [2.75, 3.05) is 0 Å². The van der Waals surface area contributed by atoms with Crippen molar-refractivity contribution in [3.8, 4) is 0 Å². The Balaban J connectivity index is 1.70. The molecule has 0 spiro atoms. The molecule has 0 unspecified atom stereocenters. The molecule has 1 saturated carbocycles. The monoisotopic (exact) mass is 353 g/mol. The summed E-state index contributed by atoms with van der Waals surface area (Å²) < 4.78 is 17.7. The van der Waals surface area contributed by atoms with Crippen molar-refractivity contribution in [3.63, 3.8) is 0 Å². The Morgan fingerprint density at radius 2 is 2.13 bits per heavy atom. The predicted octanol–water partition coefficient (Wildman–Crippen LogP) is 4.31. The van der Waals surface area contributed by atoms with Gasteiger partial charge >= 0.3 is 0 Å². The van der Waals surface area contributed by atoms with E-state index in [9.17, 15) is 9.18 Å². The maximum absolute atomic E-state index is 13.8. The Labute approximate surface area is 143 Å². The third kappa shape index (κ3) is 3.70. The summed E-state index contributed by atoms with van der Waals surface area (Å²) in [7, 11) is 0. The van der Waals surface area contributed by atoms with Crippen LogP contribution in [-0.2, 0) is 6.54 Å². The quantitative estimate of drug-likeness (QED) is 0.891. The number of hydrogen-bond acceptors (Lipinski definition) is 4. The van der Waals surface area contributed by atoms with Gasteiger partial charge in [-0.1, -0.05) is 41.4 Å². The molecule has 23 heavy (non-hydrogen) atoms. The van der Waals surface area contributed by atoms with Crippen LogP contribution >= 0.6 is 23.1 Å². The third-order valence-corrected chi connectivity index (χ3v) is 5.29. The summed E-state index contributed by atoms with van der Waals surface area (Å²) in [6.45, 7) is 0.0480. The van der Waals surface area contributed by atoms with Crippen LogP contribution in [0.1, 0.15) is 59.0 Å². The molecule has 1 aromatic heterocycles. The summed E-state index contributed by atoms with van der Waals surface area (Å²) >= 11 is 7.07. The summed E-state index contributed by atoms with van der Waals surface area (Å²) in [4.78, 5) is 13.0. The van der Waals surface area contributed by atoms with Crippen LogP contribution in [0.15, 0.2) is 18.2 Å². The lowest BCUT2D eigenvalue weighted by atomic mass is 9.86. The van der Waals surface area contributed by atoms with Crippen LogP contribution in [0.3, 0.4) is 0 Å². The molecule has 1 aliphatic rings. The fourth-order valence-corrected chi connectivity index (χ4v) is 3.84. The zero-order valence-electron chi connectivity index (χ0n) is 12.5. The zero-order chi connectivity index (χ0) is 16.2. The lowest BCUT2D eigenvalue weighted by Gasteiger charge is -2.20. The van der Waals surface area contributed by atoms with Crippen LogP contribution < -0.4 is 5.32 Å². The minimum absolute atomic E-state index is 0.0480. The number of halogens is 2. The fourth-order valence-electron chi connectivity index (χ4n) is 2.95. The van der Waals surface area contributed by atoms with Gasteiger partial charge in [0, 0.05) is 23.0 Å². The molecule has 1 aliphatic carbocycles. The second-order valence-corrected chi connectivity index (χ2v) is 6.87. The fraction of sp³-hybridized carbons (Fsp3) is 0.438. The Morgan fingerprint density at radius 3 is 2.87 bits per heavy atom. The normalized spacial score (nSPS) is 15.6. The molecule has 0 aliphatic heterocycles. The van der Waals surface area contributed by atoms with E-state index in [0.29, 0.717) is 21.4 Å². The van der Waals surface area contributed by atoms with Gasteiger partial charge in [0.2, 0.25) is 0 Å². The number of benzene rings is 1. The van der Waals surface area contributed by atoms with Gasteiger partial charge < -0.3 is 5.32 Å². The van der Waals surface area contributed by atoms with Gasteiger partial charge in [-0.3, -0.25) is 4.79 Å². The number of nitrogens with zero attached hydrogens (tertiary/aromatic N) is 2. The Morgan fingerprint density at radius 1 is 1.35 bits per heavy atom. The van der Waals surface area contributed by atoms with E-state index < -0.39 is 5.82 Å². The first-order valence-corrected chi connectivity index (χ1v) is 8.85. The van der Waals surface area contributed by atoms with E-state index >= 15 is 0 Å². The number of carbonyl (C=O) groups excluding carboxylic acids is 1. The summed E-state index contributed by atoms with van der Waals surface area (Å²) in [5.74, 6) is -0.382. The van der Waals surface area contributed by atoms with Crippen LogP contribution in [0.4, 0.5) is 4.39 Å². The van der Waals surface area contributed by atoms with Gasteiger partial charge in [0.15, 0.2) is 0 Å². The molecular weight excluding hydrogens is 337 g/mol. The lowest BCUT2D eigenvalue weighted by molar-refractivity contribution is 0.0952. The molecule has 3 rings (SSSR count). The molecule has 0 bridgehead atoms. The summed E-state index contributed by atoms with van der Waals surface area (Å²) in [6.07, 6.45) is 5.65. The molecule has 2 aromatic rings. The summed E-state index contributed by atoms with van der Waals surface area (Å²) in [6, 6.07) is 4.47. The van der Waals surface area contributed by atoms with Crippen molar-refractivity contribution in [2.45, 2.75) is 44.6 Å². The minimum atomic E-state index is -0.423. The van der Waals surface area contributed by atoms with Gasteiger partial charge in [-0.25, -0.2) is 4.39 Å². The second-order valence-electron chi connectivity index (χ2n) is 5.71. The standard InChI is InChI=1S/C16H17ClFN3OS/c17-12-7-4-8-13(18)11(12)9-19-16(22)15-14(20-21-23-15)10-5-2-1-3-6-10/h4,7-8,10H,1-3,5-6,9H2,(H,19,22). The van der Waals surface area contributed by atoms with Gasteiger partial charge in [0.05, 0.1) is 5.69 Å². The lowest BCUT2D eigenvalue weighted by Crippen LogP contribution is -2.24. The van der Waals surface area contributed by atoms with E-state index in [1.165, 1.54) is 18.6 Å². The average molecular weight is 354 g/mol. The summed E-state index contributed by atoms with van der Waals surface area (Å²) in [5, 5.41) is 7.19. The van der Waals surface area contributed by atoms with E-state index in [4.69, 9.17) is 11.6 Å². The molecule has 122 valence electrons. The van der Waals surface area contributed by atoms with Crippen LogP contribution in [-0.4, -0.2) is 15.5 Å². The topological polar surface area (TPSA) is 54.9 Å². The highest BCUT2D eigenvalue weighted by Gasteiger charge is 2.25. The first-order valence-electron chi connectivity index (χ1n) is 7.70. The highest BCUT2D eigenvalue weighted by molar-refractivity contribution is 7.08. The van der Waals surface area contributed by atoms with Crippen LogP contribution in [0, 0.1) is 5.82 Å². The number of carbonyl (C=O) groups is 1. The SMILES string of the molecule is O=C(NCc1c(F)cccc1Cl)c1snnc1C1CCCCC1. The third-order valence-electron chi connectivity index (χ3n) is 4.20. The number of amides is 1. The molecule has 0 atom stereocenters. The minimum Gasteiger partial charge on any atom is -0.347 e. The smallest absolute Gasteiger partial charge is 0.265 e. The number of hydrogen-bond donors (Lipinski definition) is 1. The van der Waals surface area contributed by atoms with Gasteiger partial charge in [0.25, 0.3) is 5.91 Å².